The summed E-state index contributed by atoms with van der Waals surface area (Å²) in [5.41, 5.74) is -0.625. The van der Waals surface area contributed by atoms with Crippen molar-refractivity contribution in [3.63, 3.8) is 0 Å². The third kappa shape index (κ3) is 7.27. The van der Waals surface area contributed by atoms with Crippen molar-refractivity contribution >= 4 is 15.9 Å². The molecular formula is C19H33N3O4S. The lowest BCUT2D eigenvalue weighted by atomic mass is 10.0. The van der Waals surface area contributed by atoms with Crippen LogP contribution in [0.2, 0.25) is 0 Å². The molecule has 0 aromatic carbocycles. The molecule has 0 bridgehead atoms. The summed E-state index contributed by atoms with van der Waals surface area (Å²) >= 11 is 0. The minimum absolute atomic E-state index is 0.00846. The van der Waals surface area contributed by atoms with Crippen molar-refractivity contribution in [3.05, 3.63) is 17.9 Å². The normalized spacial score (nSPS) is 19.2. The van der Waals surface area contributed by atoms with Crippen LogP contribution in [-0.4, -0.2) is 50.9 Å². The van der Waals surface area contributed by atoms with Crippen molar-refractivity contribution in [2.75, 3.05) is 26.2 Å². The van der Waals surface area contributed by atoms with Gasteiger partial charge in [0.2, 0.25) is 5.09 Å². The van der Waals surface area contributed by atoms with Crippen molar-refractivity contribution in [2.24, 2.45) is 5.92 Å². The van der Waals surface area contributed by atoms with Crippen LogP contribution in [0.1, 0.15) is 63.9 Å². The molecule has 1 aliphatic heterocycles. The second-order valence-electron chi connectivity index (χ2n) is 8.49. The summed E-state index contributed by atoms with van der Waals surface area (Å²) in [6.07, 6.45) is 4.50. The fourth-order valence-corrected chi connectivity index (χ4v) is 4.63. The van der Waals surface area contributed by atoms with Crippen LogP contribution in [0.4, 0.5) is 0 Å². The highest BCUT2D eigenvalue weighted by Crippen LogP contribution is 2.17. The number of hydrogen-bond acceptors (Lipinski definition) is 5. The molecule has 0 radical (unpaired) electrons. The van der Waals surface area contributed by atoms with E-state index in [0.29, 0.717) is 6.54 Å². The molecule has 7 nitrogen and oxygen atoms in total. The topological polar surface area (TPSA) is 91.7 Å². The highest BCUT2D eigenvalue weighted by Gasteiger charge is 2.26. The Balaban J connectivity index is 1.74. The molecule has 0 aliphatic carbocycles. The Morgan fingerprint density at radius 3 is 2.70 bits per heavy atom. The Morgan fingerprint density at radius 1 is 1.30 bits per heavy atom. The average molecular weight is 400 g/mol. The van der Waals surface area contributed by atoms with Gasteiger partial charge in [-0.1, -0.05) is 6.92 Å². The Labute approximate surface area is 162 Å². The quantitative estimate of drug-likeness (QED) is 0.656. The van der Waals surface area contributed by atoms with Gasteiger partial charge in [0.25, 0.3) is 15.9 Å². The van der Waals surface area contributed by atoms with E-state index in [-0.39, 0.29) is 16.8 Å². The molecular weight excluding hydrogens is 366 g/mol. The number of rotatable bonds is 8. The molecule has 154 valence electrons. The predicted octanol–water partition coefficient (Wildman–Crippen LogP) is 2.60. The van der Waals surface area contributed by atoms with Crippen LogP contribution in [0.15, 0.2) is 21.6 Å². The molecule has 1 amide bonds. The zero-order valence-corrected chi connectivity index (χ0v) is 17.7. The van der Waals surface area contributed by atoms with Gasteiger partial charge >= 0.3 is 0 Å². The summed E-state index contributed by atoms with van der Waals surface area (Å²) in [5.74, 6) is 0.392. The molecule has 0 saturated carbocycles. The van der Waals surface area contributed by atoms with Gasteiger partial charge in [0.15, 0.2) is 5.76 Å². The van der Waals surface area contributed by atoms with Gasteiger partial charge < -0.3 is 14.6 Å². The van der Waals surface area contributed by atoms with Gasteiger partial charge in [-0.25, -0.2) is 13.1 Å². The van der Waals surface area contributed by atoms with Gasteiger partial charge in [-0.2, -0.15) is 0 Å². The molecule has 1 saturated heterocycles. The van der Waals surface area contributed by atoms with Crippen molar-refractivity contribution in [1.82, 2.24) is 14.9 Å². The van der Waals surface area contributed by atoms with Gasteiger partial charge in [0.1, 0.15) is 0 Å². The Kier molecular flexibility index (Phi) is 7.47. The molecule has 27 heavy (non-hydrogen) atoms. The van der Waals surface area contributed by atoms with Crippen LogP contribution in [0.5, 0.6) is 0 Å². The number of furan rings is 1. The summed E-state index contributed by atoms with van der Waals surface area (Å²) in [5, 5.41) is 2.54. The molecule has 1 aromatic rings. The van der Waals surface area contributed by atoms with E-state index in [2.05, 4.69) is 21.9 Å². The molecule has 1 fully saturated rings. The second-order valence-corrected chi connectivity index (χ2v) is 10.1. The molecule has 1 aliphatic rings. The second kappa shape index (κ2) is 9.21. The summed E-state index contributed by atoms with van der Waals surface area (Å²) in [7, 11) is -3.78. The number of carbonyl (C=O) groups excluding carboxylic acids is 1. The molecule has 1 unspecified atom stereocenters. The molecule has 1 atom stereocenters. The number of carbonyl (C=O) groups is 1. The first-order chi connectivity index (χ1) is 12.6. The Bertz CT molecular complexity index is 722. The largest absolute Gasteiger partial charge is 0.438 e. The standard InChI is InChI=1S/C19H33N3O4S/c1-15-8-7-13-22(14-15)12-6-5-11-20-18(23)16-9-10-17(26-16)27(24,25)21-19(2,3)4/h9-10,15,21H,5-8,11-14H2,1-4H3,(H,20,23). The van der Waals surface area contributed by atoms with Crippen molar-refractivity contribution < 1.29 is 17.6 Å². The number of nitrogens with zero attached hydrogens (tertiary/aromatic N) is 1. The third-order valence-electron chi connectivity index (χ3n) is 4.44. The van der Waals surface area contributed by atoms with Gasteiger partial charge in [0.05, 0.1) is 0 Å². The van der Waals surface area contributed by atoms with E-state index in [1.807, 2.05) is 0 Å². The predicted molar refractivity (Wildman–Crippen MR) is 105 cm³/mol. The van der Waals surface area contributed by atoms with E-state index in [1.54, 1.807) is 20.8 Å². The van der Waals surface area contributed by atoms with Gasteiger partial charge in [-0.05, 0) is 77.6 Å². The molecule has 8 heteroatoms. The number of sulfonamides is 1. The first-order valence-electron chi connectivity index (χ1n) is 9.71. The molecule has 1 aromatic heterocycles. The minimum Gasteiger partial charge on any atom is -0.438 e. The van der Waals surface area contributed by atoms with Crippen LogP contribution in [-0.2, 0) is 10.0 Å². The fraction of sp³-hybridized carbons (Fsp3) is 0.737. The number of likely N-dealkylation sites (tertiary alicyclic amines) is 1. The summed E-state index contributed by atoms with van der Waals surface area (Å²) in [6, 6.07) is 2.70. The lowest BCUT2D eigenvalue weighted by molar-refractivity contribution is 0.0919. The van der Waals surface area contributed by atoms with Gasteiger partial charge in [-0.3, -0.25) is 4.79 Å². The molecule has 2 heterocycles. The van der Waals surface area contributed by atoms with Gasteiger partial charge in [-0.15, -0.1) is 0 Å². The summed E-state index contributed by atoms with van der Waals surface area (Å²) in [4.78, 5) is 14.6. The number of unbranched alkanes of at least 4 members (excludes halogenated alkanes) is 1. The summed E-state index contributed by atoms with van der Waals surface area (Å²) < 4.78 is 32.2. The van der Waals surface area contributed by atoms with Crippen LogP contribution in [0.3, 0.4) is 0 Å². The zero-order chi connectivity index (χ0) is 20.1. The van der Waals surface area contributed by atoms with Crippen molar-refractivity contribution in [3.8, 4) is 0 Å². The van der Waals surface area contributed by atoms with E-state index in [0.717, 1.165) is 25.3 Å². The fourth-order valence-electron chi connectivity index (χ4n) is 3.28. The minimum atomic E-state index is -3.78. The van der Waals surface area contributed by atoms with E-state index in [1.165, 1.54) is 38.1 Å². The molecule has 2 N–H and O–H groups in total. The highest BCUT2D eigenvalue weighted by atomic mass is 32.2. The van der Waals surface area contributed by atoms with E-state index in [9.17, 15) is 13.2 Å². The van der Waals surface area contributed by atoms with Crippen molar-refractivity contribution in [2.45, 2.75) is 64.0 Å². The highest BCUT2D eigenvalue weighted by molar-refractivity contribution is 7.89. The van der Waals surface area contributed by atoms with E-state index >= 15 is 0 Å². The Hall–Kier alpha value is -1.38. The number of hydrogen-bond donors (Lipinski definition) is 2. The lowest BCUT2D eigenvalue weighted by Crippen LogP contribution is -2.40. The first-order valence-corrected chi connectivity index (χ1v) is 11.2. The lowest BCUT2D eigenvalue weighted by Gasteiger charge is -2.30. The van der Waals surface area contributed by atoms with Gasteiger partial charge in [0, 0.05) is 18.6 Å². The summed E-state index contributed by atoms with van der Waals surface area (Å²) in [6.45, 7) is 11.5. The third-order valence-corrected chi connectivity index (χ3v) is 6.07. The smallest absolute Gasteiger partial charge is 0.287 e. The van der Waals surface area contributed by atoms with Crippen molar-refractivity contribution in [1.29, 1.82) is 0 Å². The van der Waals surface area contributed by atoms with Crippen LogP contribution < -0.4 is 10.0 Å². The monoisotopic (exact) mass is 399 g/mol. The van der Waals surface area contributed by atoms with Crippen LogP contribution in [0.25, 0.3) is 0 Å². The maximum absolute atomic E-state index is 12.2. The number of piperidine rings is 1. The number of nitrogens with one attached hydrogen (secondary N) is 2. The van der Waals surface area contributed by atoms with Crippen LogP contribution in [0, 0.1) is 5.92 Å². The molecule has 0 spiro atoms. The maximum Gasteiger partial charge on any atom is 0.287 e. The number of amides is 1. The molecule has 2 rings (SSSR count). The average Bonchev–Trinajstić information content (AvgIpc) is 3.03. The maximum atomic E-state index is 12.2. The first kappa shape index (κ1) is 21.9. The SMILES string of the molecule is CC1CCCN(CCCCNC(=O)c2ccc(S(=O)(=O)NC(C)(C)C)o2)C1. The van der Waals surface area contributed by atoms with E-state index in [4.69, 9.17) is 4.42 Å². The zero-order valence-electron chi connectivity index (χ0n) is 16.9. The van der Waals surface area contributed by atoms with E-state index < -0.39 is 15.6 Å². The van der Waals surface area contributed by atoms with Crippen LogP contribution >= 0.6 is 0 Å². The Morgan fingerprint density at radius 2 is 2.04 bits per heavy atom.